The van der Waals surface area contributed by atoms with E-state index in [9.17, 15) is 4.79 Å². The molecular formula is C9H11BrClN3O. The van der Waals surface area contributed by atoms with E-state index in [1.165, 1.54) is 0 Å². The summed E-state index contributed by atoms with van der Waals surface area (Å²) in [6, 6.07) is 3.78. The van der Waals surface area contributed by atoms with Gasteiger partial charge in [0.2, 0.25) is 0 Å². The Balaban J connectivity index is 0.00000112. The molecular weight excluding hydrogens is 281 g/mol. The number of rotatable bonds is 2. The predicted octanol–water partition coefficient (Wildman–Crippen LogP) is 0.967. The normalized spacial score (nSPS) is 15.0. The van der Waals surface area contributed by atoms with Crippen LogP contribution in [0.4, 0.5) is 0 Å². The molecule has 0 unspecified atom stereocenters. The summed E-state index contributed by atoms with van der Waals surface area (Å²) in [5.41, 5.74) is 0.597. The maximum absolute atomic E-state index is 11.6. The molecule has 2 N–H and O–H groups in total. The van der Waals surface area contributed by atoms with Crippen LogP contribution in [0.1, 0.15) is 10.4 Å². The minimum Gasteiger partial charge on any atom is -0.347 e. The van der Waals surface area contributed by atoms with Crippen molar-refractivity contribution in [2.75, 3.05) is 13.1 Å². The summed E-state index contributed by atoms with van der Waals surface area (Å²) in [5.74, 6) is -0.0588. The van der Waals surface area contributed by atoms with E-state index in [1.807, 2.05) is 0 Å². The van der Waals surface area contributed by atoms with Crippen LogP contribution in [0.5, 0.6) is 0 Å². The van der Waals surface area contributed by atoms with E-state index in [1.54, 1.807) is 18.3 Å². The number of pyridine rings is 1. The highest BCUT2D eigenvalue weighted by Gasteiger charge is 2.19. The highest BCUT2D eigenvalue weighted by molar-refractivity contribution is 9.10. The van der Waals surface area contributed by atoms with Crippen LogP contribution in [0, 0.1) is 0 Å². The van der Waals surface area contributed by atoms with E-state index < -0.39 is 0 Å². The third-order valence-corrected chi connectivity index (χ3v) is 2.58. The Bertz CT molecular complexity index is 340. The van der Waals surface area contributed by atoms with E-state index in [0.29, 0.717) is 5.56 Å². The summed E-state index contributed by atoms with van der Waals surface area (Å²) in [6.07, 6.45) is 1.56. The van der Waals surface area contributed by atoms with Gasteiger partial charge in [0.1, 0.15) is 4.60 Å². The first-order valence-electron chi connectivity index (χ1n) is 4.39. The van der Waals surface area contributed by atoms with Gasteiger partial charge in [-0.05, 0) is 28.1 Å². The fourth-order valence-electron chi connectivity index (χ4n) is 1.17. The molecule has 0 spiro atoms. The molecule has 0 saturated carbocycles. The van der Waals surface area contributed by atoms with Gasteiger partial charge >= 0.3 is 0 Å². The minimum absolute atomic E-state index is 0. The van der Waals surface area contributed by atoms with Crippen LogP contribution in [0.2, 0.25) is 0 Å². The van der Waals surface area contributed by atoms with Gasteiger partial charge in [-0.1, -0.05) is 0 Å². The van der Waals surface area contributed by atoms with Crippen molar-refractivity contribution < 1.29 is 4.79 Å². The second-order valence-electron chi connectivity index (χ2n) is 3.20. The summed E-state index contributed by atoms with van der Waals surface area (Å²) in [7, 11) is 0. The largest absolute Gasteiger partial charge is 0.347 e. The molecule has 1 amide bonds. The van der Waals surface area contributed by atoms with Crippen molar-refractivity contribution in [3.63, 3.8) is 0 Å². The van der Waals surface area contributed by atoms with Gasteiger partial charge in [0.05, 0.1) is 11.6 Å². The lowest BCUT2D eigenvalue weighted by Crippen LogP contribution is -2.56. The van der Waals surface area contributed by atoms with Crippen LogP contribution >= 0.6 is 28.3 Å². The van der Waals surface area contributed by atoms with Gasteiger partial charge in [0, 0.05) is 19.3 Å². The molecule has 15 heavy (non-hydrogen) atoms. The second-order valence-corrected chi connectivity index (χ2v) is 4.01. The van der Waals surface area contributed by atoms with Gasteiger partial charge in [0.25, 0.3) is 5.91 Å². The lowest BCUT2D eigenvalue weighted by atomic mass is 10.1. The standard InChI is InChI=1S/C9H10BrN3O.ClH/c10-8-2-1-6(3-12-8)9(14)13-7-4-11-5-7;/h1-3,7,11H,4-5H2,(H,13,14);1H. The summed E-state index contributed by atoms with van der Waals surface area (Å²) in [5, 5.41) is 5.98. The maximum Gasteiger partial charge on any atom is 0.253 e. The molecule has 0 atom stereocenters. The first-order valence-corrected chi connectivity index (χ1v) is 5.18. The van der Waals surface area contributed by atoms with E-state index in [4.69, 9.17) is 0 Å². The number of nitrogens with one attached hydrogen (secondary N) is 2. The molecule has 1 aromatic heterocycles. The molecule has 1 aliphatic heterocycles. The fraction of sp³-hybridized carbons (Fsp3) is 0.333. The number of hydrogen-bond donors (Lipinski definition) is 2. The van der Waals surface area contributed by atoms with Gasteiger partial charge in [-0.3, -0.25) is 4.79 Å². The minimum atomic E-state index is -0.0588. The fourth-order valence-corrected chi connectivity index (χ4v) is 1.40. The Morgan fingerprint density at radius 2 is 2.27 bits per heavy atom. The molecule has 2 rings (SSSR count). The van der Waals surface area contributed by atoms with Crippen LogP contribution < -0.4 is 10.6 Å². The van der Waals surface area contributed by atoms with Gasteiger partial charge in [-0.25, -0.2) is 4.98 Å². The smallest absolute Gasteiger partial charge is 0.253 e. The average Bonchev–Trinajstić information content (AvgIpc) is 2.12. The zero-order valence-electron chi connectivity index (χ0n) is 7.87. The molecule has 0 aromatic carbocycles. The third kappa shape index (κ3) is 3.15. The summed E-state index contributed by atoms with van der Waals surface area (Å²) in [6.45, 7) is 1.71. The zero-order valence-corrected chi connectivity index (χ0v) is 10.3. The molecule has 0 radical (unpaired) electrons. The number of halogens is 2. The highest BCUT2D eigenvalue weighted by Crippen LogP contribution is 2.06. The highest BCUT2D eigenvalue weighted by atomic mass is 79.9. The molecule has 0 aliphatic carbocycles. The van der Waals surface area contributed by atoms with E-state index in [2.05, 4.69) is 31.5 Å². The maximum atomic E-state index is 11.6. The lowest BCUT2D eigenvalue weighted by Gasteiger charge is -2.27. The first kappa shape index (κ1) is 12.4. The van der Waals surface area contributed by atoms with Crippen molar-refractivity contribution in [1.82, 2.24) is 15.6 Å². The first-order chi connectivity index (χ1) is 6.75. The van der Waals surface area contributed by atoms with E-state index in [0.717, 1.165) is 17.7 Å². The van der Waals surface area contributed by atoms with Gasteiger partial charge < -0.3 is 10.6 Å². The van der Waals surface area contributed by atoms with Gasteiger partial charge in [0.15, 0.2) is 0 Å². The summed E-state index contributed by atoms with van der Waals surface area (Å²) in [4.78, 5) is 15.6. The second kappa shape index (κ2) is 5.44. The number of nitrogens with zero attached hydrogens (tertiary/aromatic N) is 1. The van der Waals surface area contributed by atoms with Crippen molar-refractivity contribution in [2.24, 2.45) is 0 Å². The number of hydrogen-bond acceptors (Lipinski definition) is 3. The number of aromatic nitrogens is 1. The molecule has 1 aliphatic rings. The van der Waals surface area contributed by atoms with Crippen molar-refractivity contribution in [3.05, 3.63) is 28.5 Å². The Kier molecular flexibility index (Phi) is 4.50. The van der Waals surface area contributed by atoms with Crippen LogP contribution in [0.25, 0.3) is 0 Å². The quantitative estimate of drug-likeness (QED) is 0.799. The van der Waals surface area contributed by atoms with Crippen LogP contribution in [-0.4, -0.2) is 30.0 Å². The molecule has 1 saturated heterocycles. The Morgan fingerprint density at radius 1 is 1.53 bits per heavy atom. The van der Waals surface area contributed by atoms with Crippen LogP contribution in [-0.2, 0) is 0 Å². The van der Waals surface area contributed by atoms with Crippen molar-refractivity contribution >= 4 is 34.2 Å². The van der Waals surface area contributed by atoms with Crippen molar-refractivity contribution in [3.8, 4) is 0 Å². The van der Waals surface area contributed by atoms with E-state index >= 15 is 0 Å². The third-order valence-electron chi connectivity index (χ3n) is 2.11. The van der Waals surface area contributed by atoms with Crippen molar-refractivity contribution in [1.29, 1.82) is 0 Å². The molecule has 1 aromatic rings. The Morgan fingerprint density at radius 3 is 2.73 bits per heavy atom. The molecule has 4 nitrogen and oxygen atoms in total. The molecule has 2 heterocycles. The van der Waals surface area contributed by atoms with Crippen LogP contribution in [0.3, 0.4) is 0 Å². The lowest BCUT2D eigenvalue weighted by molar-refractivity contribution is 0.0923. The number of carbonyl (C=O) groups excluding carboxylic acids is 1. The number of carbonyl (C=O) groups is 1. The monoisotopic (exact) mass is 291 g/mol. The van der Waals surface area contributed by atoms with Crippen LogP contribution in [0.15, 0.2) is 22.9 Å². The Labute approximate surface area is 102 Å². The van der Waals surface area contributed by atoms with Gasteiger partial charge in [-0.15, -0.1) is 12.4 Å². The average molecular weight is 293 g/mol. The Hall–Kier alpha value is -0.650. The molecule has 0 bridgehead atoms. The zero-order chi connectivity index (χ0) is 9.97. The molecule has 6 heteroatoms. The number of amides is 1. The predicted molar refractivity (Wildman–Crippen MR) is 63.3 cm³/mol. The summed E-state index contributed by atoms with van der Waals surface area (Å²) >= 11 is 3.22. The summed E-state index contributed by atoms with van der Waals surface area (Å²) < 4.78 is 0.736. The topological polar surface area (TPSA) is 54.0 Å². The molecule has 82 valence electrons. The van der Waals surface area contributed by atoms with Crippen molar-refractivity contribution in [2.45, 2.75) is 6.04 Å². The SMILES string of the molecule is Cl.O=C(NC1CNC1)c1ccc(Br)nc1. The van der Waals surface area contributed by atoms with E-state index in [-0.39, 0.29) is 24.4 Å². The molecule has 1 fully saturated rings. The van der Waals surface area contributed by atoms with Gasteiger partial charge in [-0.2, -0.15) is 0 Å².